The third-order valence-corrected chi connectivity index (χ3v) is 7.05. The molecule has 2 aromatic carbocycles. The summed E-state index contributed by atoms with van der Waals surface area (Å²) in [5.74, 6) is 0.200. The molecule has 1 amide bonds. The van der Waals surface area contributed by atoms with Gasteiger partial charge in [-0.25, -0.2) is 0 Å². The number of likely N-dealkylation sites (tertiary alicyclic amines) is 2. The monoisotopic (exact) mass is 436 g/mol. The zero-order chi connectivity index (χ0) is 22.5. The van der Waals surface area contributed by atoms with Crippen LogP contribution in [-0.4, -0.2) is 66.1 Å². The molecule has 2 aromatic rings. The van der Waals surface area contributed by atoms with Crippen LogP contribution < -0.4 is 10.6 Å². The number of nitrogens with zero attached hydrogens (tertiary/aromatic N) is 2. The number of benzene rings is 2. The summed E-state index contributed by atoms with van der Waals surface area (Å²) in [5, 5.41) is 9.51. The first-order valence-corrected chi connectivity index (χ1v) is 12.5. The zero-order valence-corrected chi connectivity index (χ0v) is 20.0. The van der Waals surface area contributed by atoms with Crippen molar-refractivity contribution in [3.63, 3.8) is 0 Å². The van der Waals surface area contributed by atoms with Gasteiger partial charge >= 0.3 is 0 Å². The van der Waals surface area contributed by atoms with Crippen LogP contribution in [0.25, 0.3) is 10.8 Å². The lowest BCUT2D eigenvalue weighted by atomic mass is 10.0. The number of carbonyl (C=O) groups is 1. The number of nitrogens with one attached hydrogen (secondary N) is 2. The Morgan fingerprint density at radius 3 is 2.56 bits per heavy atom. The Morgan fingerprint density at radius 1 is 1.09 bits per heavy atom. The summed E-state index contributed by atoms with van der Waals surface area (Å²) in [4.78, 5) is 18.1. The third-order valence-electron chi connectivity index (χ3n) is 7.05. The molecule has 4 rings (SSSR count). The fraction of sp³-hybridized carbons (Fsp3) is 0.593. The number of carbonyl (C=O) groups excluding carboxylic acids is 1. The van der Waals surface area contributed by atoms with E-state index in [1.54, 1.807) is 0 Å². The molecule has 2 aliphatic heterocycles. The Morgan fingerprint density at radius 2 is 1.84 bits per heavy atom. The number of rotatable bonds is 8. The van der Waals surface area contributed by atoms with E-state index in [-0.39, 0.29) is 18.0 Å². The normalized spacial score (nSPS) is 23.2. The molecule has 0 unspecified atom stereocenters. The van der Waals surface area contributed by atoms with Gasteiger partial charge in [0.2, 0.25) is 5.91 Å². The maximum atomic E-state index is 13.1. The molecule has 5 nitrogen and oxygen atoms in total. The van der Waals surface area contributed by atoms with Crippen molar-refractivity contribution < 1.29 is 4.79 Å². The molecule has 2 N–H and O–H groups in total. The van der Waals surface area contributed by atoms with Gasteiger partial charge in [-0.2, -0.15) is 0 Å². The molecule has 0 saturated carbocycles. The van der Waals surface area contributed by atoms with Crippen LogP contribution in [0.15, 0.2) is 42.5 Å². The first-order chi connectivity index (χ1) is 15.5. The van der Waals surface area contributed by atoms with Gasteiger partial charge in [-0.15, -0.1) is 0 Å². The van der Waals surface area contributed by atoms with Crippen LogP contribution in [0, 0.1) is 0 Å². The minimum absolute atomic E-state index is 0.0192. The number of hydrogen-bond acceptors (Lipinski definition) is 4. The van der Waals surface area contributed by atoms with Crippen molar-refractivity contribution in [1.29, 1.82) is 0 Å². The lowest BCUT2D eigenvalue weighted by Gasteiger charge is -2.39. The van der Waals surface area contributed by atoms with Crippen molar-refractivity contribution in [2.45, 2.75) is 77.2 Å². The Kier molecular flexibility index (Phi) is 7.82. The van der Waals surface area contributed by atoms with Gasteiger partial charge < -0.3 is 15.5 Å². The van der Waals surface area contributed by atoms with Crippen molar-refractivity contribution in [2.24, 2.45) is 0 Å². The molecule has 2 heterocycles. The summed E-state index contributed by atoms with van der Waals surface area (Å²) >= 11 is 0. The molecular weight excluding hydrogens is 396 g/mol. The average molecular weight is 437 g/mol. The van der Waals surface area contributed by atoms with E-state index in [4.69, 9.17) is 0 Å². The highest BCUT2D eigenvalue weighted by molar-refractivity contribution is 5.83. The van der Waals surface area contributed by atoms with Crippen LogP contribution in [0.5, 0.6) is 0 Å². The highest BCUT2D eigenvalue weighted by atomic mass is 16.2. The minimum Gasteiger partial charge on any atom is -0.353 e. The van der Waals surface area contributed by atoms with Crippen molar-refractivity contribution >= 4 is 16.7 Å². The van der Waals surface area contributed by atoms with Crippen LogP contribution >= 0.6 is 0 Å². The lowest BCUT2D eigenvalue weighted by molar-refractivity contribution is -0.127. The standard InChI is InChI=1S/C27H40N4O/c1-4-13-30-14-11-25(12-15-30)31-19-24(17-26(31)27(32)29-20(2)3)28-18-21-9-10-22-7-5-6-8-23(22)16-21/h5-10,16,20,24-26,28H,4,11-15,17-19H2,1-3H3,(H,29,32)/t24-,26+/m1/s1. The molecule has 2 aliphatic rings. The highest BCUT2D eigenvalue weighted by Crippen LogP contribution is 2.27. The van der Waals surface area contributed by atoms with Crippen LogP contribution in [-0.2, 0) is 11.3 Å². The summed E-state index contributed by atoms with van der Waals surface area (Å²) in [7, 11) is 0. The molecular formula is C27H40N4O. The van der Waals surface area contributed by atoms with Crippen molar-refractivity contribution in [3.05, 3.63) is 48.0 Å². The second-order valence-corrected chi connectivity index (χ2v) is 9.94. The SMILES string of the molecule is CCCN1CCC(N2C[C@H](NCc3ccc4ccccc4c3)C[C@H]2C(=O)NC(C)C)CC1. The summed E-state index contributed by atoms with van der Waals surface area (Å²) in [5.41, 5.74) is 1.30. The Bertz CT molecular complexity index is 890. The summed E-state index contributed by atoms with van der Waals surface area (Å²) in [6.07, 6.45) is 4.45. The number of piperidine rings is 1. The van der Waals surface area contributed by atoms with Gasteiger partial charge in [-0.1, -0.05) is 43.3 Å². The fourth-order valence-corrected chi connectivity index (χ4v) is 5.45. The van der Waals surface area contributed by atoms with E-state index in [1.807, 2.05) is 0 Å². The molecule has 2 atom stereocenters. The van der Waals surface area contributed by atoms with E-state index in [2.05, 4.69) is 83.7 Å². The molecule has 0 bridgehead atoms. The second kappa shape index (κ2) is 10.8. The first kappa shape index (κ1) is 23.2. The van der Waals surface area contributed by atoms with Crippen molar-refractivity contribution in [1.82, 2.24) is 20.4 Å². The largest absolute Gasteiger partial charge is 0.353 e. The van der Waals surface area contributed by atoms with Gasteiger partial charge in [0.25, 0.3) is 0 Å². The van der Waals surface area contributed by atoms with Gasteiger partial charge in [0.05, 0.1) is 6.04 Å². The third kappa shape index (κ3) is 5.69. The topological polar surface area (TPSA) is 47.6 Å². The van der Waals surface area contributed by atoms with Gasteiger partial charge in [0.1, 0.15) is 0 Å². The molecule has 0 radical (unpaired) electrons. The summed E-state index contributed by atoms with van der Waals surface area (Å²) in [6, 6.07) is 16.2. The van der Waals surface area contributed by atoms with Crippen LogP contribution in [0.3, 0.4) is 0 Å². The Labute approximate surface area is 193 Å². The molecule has 2 saturated heterocycles. The summed E-state index contributed by atoms with van der Waals surface area (Å²) in [6.45, 7) is 11.7. The highest BCUT2D eigenvalue weighted by Gasteiger charge is 2.41. The van der Waals surface area contributed by atoms with Crippen molar-refractivity contribution in [3.8, 4) is 0 Å². The van der Waals surface area contributed by atoms with E-state index in [9.17, 15) is 4.79 Å². The van der Waals surface area contributed by atoms with E-state index < -0.39 is 0 Å². The smallest absolute Gasteiger partial charge is 0.237 e. The quantitative estimate of drug-likeness (QED) is 0.661. The van der Waals surface area contributed by atoms with Gasteiger partial charge in [0, 0.05) is 31.2 Å². The number of fused-ring (bicyclic) bond motifs is 1. The Hall–Kier alpha value is -1.95. The Balaban J connectivity index is 1.40. The second-order valence-electron chi connectivity index (χ2n) is 9.94. The molecule has 0 aliphatic carbocycles. The fourth-order valence-electron chi connectivity index (χ4n) is 5.45. The number of hydrogen-bond donors (Lipinski definition) is 2. The summed E-state index contributed by atoms with van der Waals surface area (Å²) < 4.78 is 0. The average Bonchev–Trinajstić information content (AvgIpc) is 3.22. The van der Waals surface area contributed by atoms with Gasteiger partial charge in [-0.05, 0) is 81.6 Å². The van der Waals surface area contributed by atoms with E-state index >= 15 is 0 Å². The van der Waals surface area contributed by atoms with E-state index in [0.717, 1.165) is 32.6 Å². The van der Waals surface area contributed by atoms with Gasteiger partial charge in [0.15, 0.2) is 0 Å². The molecule has 2 fully saturated rings. The predicted molar refractivity (Wildman–Crippen MR) is 133 cm³/mol. The van der Waals surface area contributed by atoms with Crippen LogP contribution in [0.2, 0.25) is 0 Å². The van der Waals surface area contributed by atoms with E-state index in [0.29, 0.717) is 12.1 Å². The van der Waals surface area contributed by atoms with Crippen molar-refractivity contribution in [2.75, 3.05) is 26.2 Å². The lowest BCUT2D eigenvalue weighted by Crippen LogP contribution is -2.52. The molecule has 5 heteroatoms. The minimum atomic E-state index is -0.0192. The van der Waals surface area contributed by atoms with E-state index in [1.165, 1.54) is 42.1 Å². The van der Waals surface area contributed by atoms with Crippen LogP contribution in [0.4, 0.5) is 0 Å². The molecule has 0 spiro atoms. The maximum Gasteiger partial charge on any atom is 0.237 e. The van der Waals surface area contributed by atoms with Crippen LogP contribution in [0.1, 0.15) is 52.0 Å². The number of amides is 1. The molecule has 174 valence electrons. The predicted octanol–water partition coefficient (Wildman–Crippen LogP) is 3.77. The maximum absolute atomic E-state index is 13.1. The molecule has 0 aromatic heterocycles. The van der Waals surface area contributed by atoms with Gasteiger partial charge in [-0.3, -0.25) is 9.69 Å². The molecule has 32 heavy (non-hydrogen) atoms. The zero-order valence-electron chi connectivity index (χ0n) is 20.0. The first-order valence-electron chi connectivity index (χ1n) is 12.5.